The van der Waals surface area contributed by atoms with Gasteiger partial charge in [-0.25, -0.2) is 9.97 Å². The molecule has 0 bridgehead atoms. The van der Waals surface area contributed by atoms with E-state index >= 15 is 0 Å². The van der Waals surface area contributed by atoms with Crippen molar-refractivity contribution in [3.05, 3.63) is 23.7 Å². The zero-order chi connectivity index (χ0) is 14.1. The Bertz CT molecular complexity index is 599. The van der Waals surface area contributed by atoms with Crippen molar-refractivity contribution >= 4 is 22.8 Å². The second-order valence-electron chi connectivity index (χ2n) is 5.67. The molecule has 4 nitrogen and oxygen atoms in total. The minimum atomic E-state index is 0.503. The van der Waals surface area contributed by atoms with Gasteiger partial charge in [-0.05, 0) is 52.0 Å². The highest BCUT2D eigenvalue weighted by molar-refractivity contribution is 6.17. The molecule has 1 aliphatic rings. The van der Waals surface area contributed by atoms with Gasteiger partial charge in [0.1, 0.15) is 11.3 Å². The highest BCUT2D eigenvalue weighted by atomic mass is 35.5. The number of aromatic nitrogens is 3. The first-order valence-corrected chi connectivity index (χ1v) is 7.81. The Balaban J connectivity index is 2.05. The van der Waals surface area contributed by atoms with E-state index in [2.05, 4.69) is 22.6 Å². The third-order valence-electron chi connectivity index (χ3n) is 4.12. The van der Waals surface area contributed by atoms with Gasteiger partial charge in [0.25, 0.3) is 0 Å². The fourth-order valence-corrected chi connectivity index (χ4v) is 3.18. The normalized spacial score (nSPS) is 17.9. The molecule has 2 aromatic rings. The maximum absolute atomic E-state index is 5.95. The number of nitrogens with zero attached hydrogens (tertiary/aromatic N) is 4. The second-order valence-corrected chi connectivity index (χ2v) is 6.04. The fourth-order valence-electron chi connectivity index (χ4n) is 3.01. The molecule has 0 unspecified atom stereocenters. The Morgan fingerprint density at radius 1 is 1.25 bits per heavy atom. The predicted molar refractivity (Wildman–Crippen MR) is 82.5 cm³/mol. The molecule has 0 saturated carbocycles. The molecule has 2 aromatic heterocycles. The van der Waals surface area contributed by atoms with E-state index in [9.17, 15) is 0 Å². The summed E-state index contributed by atoms with van der Waals surface area (Å²) >= 11 is 5.95. The quantitative estimate of drug-likeness (QED) is 0.816. The van der Waals surface area contributed by atoms with Crippen LogP contribution in [-0.2, 0) is 6.42 Å². The number of hydrogen-bond donors (Lipinski definition) is 0. The highest BCUT2D eigenvalue weighted by Crippen LogP contribution is 2.28. The third kappa shape index (κ3) is 2.54. The number of hydrogen-bond acceptors (Lipinski definition) is 3. The van der Waals surface area contributed by atoms with Crippen LogP contribution < -0.4 is 0 Å². The lowest BCUT2D eigenvalue weighted by molar-refractivity contribution is 0.221. The molecule has 0 N–H and O–H groups in total. The number of fused-ring (bicyclic) bond motifs is 1. The number of halogens is 1. The first-order valence-electron chi connectivity index (χ1n) is 7.28. The minimum Gasteiger partial charge on any atom is -0.309 e. The van der Waals surface area contributed by atoms with Crippen LogP contribution in [0.1, 0.15) is 30.4 Å². The Morgan fingerprint density at radius 2 is 2.00 bits per heavy atom. The topological polar surface area (TPSA) is 34.0 Å². The summed E-state index contributed by atoms with van der Waals surface area (Å²) in [7, 11) is 2.18. The molecule has 0 amide bonds. The summed E-state index contributed by atoms with van der Waals surface area (Å²) in [6, 6.07) is 4.60. The maximum Gasteiger partial charge on any atom is 0.160 e. The van der Waals surface area contributed by atoms with Gasteiger partial charge < -0.3 is 9.47 Å². The van der Waals surface area contributed by atoms with Crippen LogP contribution in [0, 0.1) is 6.92 Å². The highest BCUT2D eigenvalue weighted by Gasteiger charge is 2.23. The second kappa shape index (κ2) is 5.70. The van der Waals surface area contributed by atoms with Crippen molar-refractivity contribution in [3.8, 4) is 0 Å². The van der Waals surface area contributed by atoms with Crippen molar-refractivity contribution < 1.29 is 0 Å². The fraction of sp³-hybridized carbons (Fsp3) is 0.600. The van der Waals surface area contributed by atoms with Gasteiger partial charge in [0.05, 0.1) is 0 Å². The van der Waals surface area contributed by atoms with Crippen molar-refractivity contribution in [2.75, 3.05) is 26.0 Å². The number of pyridine rings is 1. The van der Waals surface area contributed by atoms with Crippen LogP contribution in [0.2, 0.25) is 0 Å². The van der Waals surface area contributed by atoms with Crippen LogP contribution in [0.25, 0.3) is 11.2 Å². The molecule has 0 atom stereocenters. The standard InChI is InChI=1S/C15H21ClN4/c1-11-3-4-13-15(17-11)20(14(18-13)5-8-16)12-6-9-19(2)10-7-12/h3-4,12H,5-10H2,1-2H3. The molecule has 1 aliphatic heterocycles. The summed E-state index contributed by atoms with van der Waals surface area (Å²) in [5.74, 6) is 1.69. The molecule has 1 fully saturated rings. The third-order valence-corrected chi connectivity index (χ3v) is 4.31. The number of rotatable bonds is 3. The number of imidazole rings is 1. The smallest absolute Gasteiger partial charge is 0.160 e. The van der Waals surface area contributed by atoms with E-state index in [4.69, 9.17) is 21.6 Å². The Hall–Kier alpha value is -1.13. The first-order chi connectivity index (χ1) is 9.69. The van der Waals surface area contributed by atoms with Gasteiger partial charge in [-0.2, -0.15) is 0 Å². The molecular weight excluding hydrogens is 272 g/mol. The lowest BCUT2D eigenvalue weighted by Crippen LogP contribution is -2.32. The van der Waals surface area contributed by atoms with Crippen molar-refractivity contribution in [1.82, 2.24) is 19.4 Å². The Morgan fingerprint density at radius 3 is 2.70 bits per heavy atom. The van der Waals surface area contributed by atoms with Crippen molar-refractivity contribution in [3.63, 3.8) is 0 Å². The van der Waals surface area contributed by atoms with Gasteiger partial charge in [-0.3, -0.25) is 0 Å². The Kier molecular flexibility index (Phi) is 3.94. The lowest BCUT2D eigenvalue weighted by Gasteiger charge is -2.30. The van der Waals surface area contributed by atoms with Crippen LogP contribution in [0.4, 0.5) is 0 Å². The zero-order valence-electron chi connectivity index (χ0n) is 12.1. The Labute approximate surface area is 124 Å². The van der Waals surface area contributed by atoms with Gasteiger partial charge in [0.15, 0.2) is 5.65 Å². The molecule has 0 aromatic carbocycles. The van der Waals surface area contributed by atoms with E-state index in [1.54, 1.807) is 0 Å². The van der Waals surface area contributed by atoms with Gasteiger partial charge >= 0.3 is 0 Å². The van der Waals surface area contributed by atoms with E-state index < -0.39 is 0 Å². The lowest BCUT2D eigenvalue weighted by atomic mass is 10.1. The summed E-state index contributed by atoms with van der Waals surface area (Å²) in [6.07, 6.45) is 3.13. The number of alkyl halides is 1. The van der Waals surface area contributed by atoms with Gasteiger partial charge in [0.2, 0.25) is 0 Å². The molecule has 3 rings (SSSR count). The number of piperidine rings is 1. The summed E-state index contributed by atoms with van der Waals surface area (Å²) in [5, 5.41) is 0. The average molecular weight is 293 g/mol. The van der Waals surface area contributed by atoms with Crippen molar-refractivity contribution in [2.45, 2.75) is 32.2 Å². The number of likely N-dealkylation sites (tertiary alicyclic amines) is 1. The molecule has 108 valence electrons. The summed E-state index contributed by atoms with van der Waals surface area (Å²) in [5.41, 5.74) is 3.07. The van der Waals surface area contributed by atoms with Crippen molar-refractivity contribution in [2.24, 2.45) is 0 Å². The number of aryl methyl sites for hydroxylation is 2. The minimum absolute atomic E-state index is 0.503. The van der Waals surface area contributed by atoms with E-state index in [1.165, 1.54) is 0 Å². The summed E-state index contributed by atoms with van der Waals surface area (Å²) in [6.45, 7) is 4.31. The molecular formula is C15H21ClN4. The van der Waals surface area contributed by atoms with Gasteiger partial charge in [0, 0.05) is 24.0 Å². The molecule has 5 heteroatoms. The molecule has 3 heterocycles. The van der Waals surface area contributed by atoms with E-state index in [0.717, 1.165) is 55.0 Å². The van der Waals surface area contributed by atoms with Gasteiger partial charge in [-0.15, -0.1) is 11.6 Å². The molecule has 20 heavy (non-hydrogen) atoms. The van der Waals surface area contributed by atoms with Crippen LogP contribution in [0.3, 0.4) is 0 Å². The van der Waals surface area contributed by atoms with E-state index in [-0.39, 0.29) is 0 Å². The van der Waals surface area contributed by atoms with Crippen LogP contribution in [-0.4, -0.2) is 45.5 Å². The molecule has 0 aliphatic carbocycles. The average Bonchev–Trinajstić information content (AvgIpc) is 2.78. The predicted octanol–water partition coefficient (Wildman–Crippen LogP) is 2.79. The maximum atomic E-state index is 5.95. The van der Waals surface area contributed by atoms with Crippen LogP contribution in [0.5, 0.6) is 0 Å². The van der Waals surface area contributed by atoms with E-state index in [0.29, 0.717) is 11.9 Å². The van der Waals surface area contributed by atoms with Crippen molar-refractivity contribution in [1.29, 1.82) is 0 Å². The molecule has 0 spiro atoms. The monoisotopic (exact) mass is 292 g/mol. The van der Waals surface area contributed by atoms with Crippen LogP contribution >= 0.6 is 11.6 Å². The summed E-state index contributed by atoms with van der Waals surface area (Å²) < 4.78 is 2.34. The SMILES string of the molecule is Cc1ccc2nc(CCCl)n(C3CCN(C)CC3)c2n1. The van der Waals surface area contributed by atoms with Crippen LogP contribution in [0.15, 0.2) is 12.1 Å². The summed E-state index contributed by atoms with van der Waals surface area (Å²) in [4.78, 5) is 11.8. The molecule has 1 saturated heterocycles. The largest absolute Gasteiger partial charge is 0.309 e. The van der Waals surface area contributed by atoms with E-state index in [1.807, 2.05) is 13.0 Å². The first kappa shape index (κ1) is 13.8. The van der Waals surface area contributed by atoms with Gasteiger partial charge in [-0.1, -0.05) is 0 Å². The zero-order valence-corrected chi connectivity index (χ0v) is 12.9. The molecule has 0 radical (unpaired) electrons.